The zero-order chi connectivity index (χ0) is 16.0. The standard InChI is InChI=1S/C16H20N2O2S2/c1-3-18(22(19,20)4-2)15-11-8-12-16(17-15)21-13-14-9-6-5-7-10-14/h5-12H,3-4,13H2,1-2H3. The predicted molar refractivity (Wildman–Crippen MR) is 92.7 cm³/mol. The van der Waals surface area contributed by atoms with Crippen LogP contribution in [-0.2, 0) is 15.8 Å². The Hall–Kier alpha value is -1.53. The first-order valence-corrected chi connectivity index (χ1v) is 9.80. The zero-order valence-electron chi connectivity index (χ0n) is 12.8. The maximum absolute atomic E-state index is 12.1. The summed E-state index contributed by atoms with van der Waals surface area (Å²) in [6.07, 6.45) is 0. The van der Waals surface area contributed by atoms with E-state index in [1.807, 2.05) is 37.3 Å². The molecular weight excluding hydrogens is 316 g/mol. The summed E-state index contributed by atoms with van der Waals surface area (Å²) in [6, 6.07) is 15.6. The lowest BCUT2D eigenvalue weighted by atomic mass is 10.2. The molecule has 0 aliphatic rings. The maximum atomic E-state index is 12.1. The smallest absolute Gasteiger partial charge is 0.236 e. The predicted octanol–water partition coefficient (Wildman–Crippen LogP) is 3.55. The molecule has 0 aliphatic carbocycles. The molecule has 0 saturated heterocycles. The van der Waals surface area contributed by atoms with E-state index < -0.39 is 10.0 Å². The minimum atomic E-state index is -3.29. The molecule has 2 rings (SSSR count). The Kier molecular flexibility index (Phi) is 5.85. The number of sulfonamides is 1. The van der Waals surface area contributed by atoms with E-state index in [1.54, 1.807) is 24.8 Å². The highest BCUT2D eigenvalue weighted by Gasteiger charge is 2.19. The first kappa shape index (κ1) is 16.8. The van der Waals surface area contributed by atoms with Crippen molar-refractivity contribution in [2.75, 3.05) is 16.6 Å². The first-order valence-electron chi connectivity index (χ1n) is 7.21. The summed E-state index contributed by atoms with van der Waals surface area (Å²) < 4.78 is 25.6. The summed E-state index contributed by atoms with van der Waals surface area (Å²) >= 11 is 1.60. The molecule has 0 N–H and O–H groups in total. The van der Waals surface area contributed by atoms with E-state index in [1.165, 1.54) is 9.87 Å². The average molecular weight is 336 g/mol. The number of hydrogen-bond donors (Lipinski definition) is 0. The summed E-state index contributed by atoms with van der Waals surface area (Å²) in [6.45, 7) is 3.85. The molecule has 0 amide bonds. The van der Waals surface area contributed by atoms with Crippen LogP contribution in [0, 0.1) is 0 Å². The molecule has 22 heavy (non-hydrogen) atoms. The summed E-state index contributed by atoms with van der Waals surface area (Å²) in [5.74, 6) is 1.37. The molecule has 0 spiro atoms. The van der Waals surface area contributed by atoms with Crippen molar-refractivity contribution >= 4 is 27.6 Å². The zero-order valence-corrected chi connectivity index (χ0v) is 14.4. The van der Waals surface area contributed by atoms with E-state index in [9.17, 15) is 8.42 Å². The molecule has 0 radical (unpaired) electrons. The molecule has 1 aromatic heterocycles. The lowest BCUT2D eigenvalue weighted by Crippen LogP contribution is -2.32. The van der Waals surface area contributed by atoms with E-state index in [0.717, 1.165) is 10.8 Å². The molecule has 0 aliphatic heterocycles. The Morgan fingerprint density at radius 1 is 1.05 bits per heavy atom. The van der Waals surface area contributed by atoms with Gasteiger partial charge in [0.2, 0.25) is 10.0 Å². The van der Waals surface area contributed by atoms with Crippen molar-refractivity contribution in [2.45, 2.75) is 24.6 Å². The molecule has 1 aromatic carbocycles. The van der Waals surface area contributed by atoms with Crippen LogP contribution in [0.25, 0.3) is 0 Å². The highest BCUT2D eigenvalue weighted by atomic mass is 32.2. The van der Waals surface area contributed by atoms with Crippen LogP contribution in [-0.4, -0.2) is 25.7 Å². The van der Waals surface area contributed by atoms with Crippen LogP contribution in [0.5, 0.6) is 0 Å². The third kappa shape index (κ3) is 4.24. The van der Waals surface area contributed by atoms with Crippen molar-refractivity contribution in [3.8, 4) is 0 Å². The number of pyridine rings is 1. The van der Waals surface area contributed by atoms with Gasteiger partial charge in [0.05, 0.1) is 10.8 Å². The van der Waals surface area contributed by atoms with Crippen molar-refractivity contribution in [1.29, 1.82) is 0 Å². The SMILES string of the molecule is CCN(c1cccc(SCc2ccccc2)n1)S(=O)(=O)CC. The third-order valence-corrected chi connectivity index (χ3v) is 6.03. The quantitative estimate of drug-likeness (QED) is 0.726. The summed E-state index contributed by atoms with van der Waals surface area (Å²) in [7, 11) is -3.29. The Morgan fingerprint density at radius 3 is 2.41 bits per heavy atom. The van der Waals surface area contributed by atoms with Crippen LogP contribution in [0.4, 0.5) is 5.82 Å². The summed E-state index contributed by atoms with van der Waals surface area (Å²) in [5.41, 5.74) is 1.22. The summed E-state index contributed by atoms with van der Waals surface area (Å²) in [5, 5.41) is 0.825. The fourth-order valence-electron chi connectivity index (χ4n) is 2.01. The van der Waals surface area contributed by atoms with Crippen molar-refractivity contribution in [1.82, 2.24) is 4.98 Å². The van der Waals surface area contributed by atoms with Gasteiger partial charge in [-0.25, -0.2) is 13.4 Å². The molecule has 6 heteroatoms. The number of anilines is 1. The Morgan fingerprint density at radius 2 is 1.77 bits per heavy atom. The van der Waals surface area contributed by atoms with E-state index in [-0.39, 0.29) is 5.75 Å². The van der Waals surface area contributed by atoms with Gasteiger partial charge in [-0.15, -0.1) is 11.8 Å². The van der Waals surface area contributed by atoms with Gasteiger partial charge < -0.3 is 0 Å². The van der Waals surface area contributed by atoms with Crippen LogP contribution >= 0.6 is 11.8 Å². The molecule has 118 valence electrons. The van der Waals surface area contributed by atoms with E-state index in [4.69, 9.17) is 0 Å². The second-order valence-electron chi connectivity index (χ2n) is 4.67. The topological polar surface area (TPSA) is 50.3 Å². The fourth-order valence-corrected chi connectivity index (χ4v) is 3.94. The average Bonchev–Trinajstić information content (AvgIpc) is 2.55. The molecule has 0 fully saturated rings. The highest BCUT2D eigenvalue weighted by molar-refractivity contribution is 7.98. The summed E-state index contributed by atoms with van der Waals surface area (Å²) in [4.78, 5) is 4.48. The van der Waals surface area contributed by atoms with Gasteiger partial charge in [0.25, 0.3) is 0 Å². The van der Waals surface area contributed by atoms with Gasteiger partial charge in [0.15, 0.2) is 0 Å². The van der Waals surface area contributed by atoms with Crippen molar-refractivity contribution in [3.63, 3.8) is 0 Å². The Labute approximate surface area is 136 Å². The van der Waals surface area contributed by atoms with Gasteiger partial charge in [-0.05, 0) is 31.5 Å². The van der Waals surface area contributed by atoms with Crippen molar-refractivity contribution in [3.05, 3.63) is 54.1 Å². The monoisotopic (exact) mass is 336 g/mol. The van der Waals surface area contributed by atoms with Crippen molar-refractivity contribution in [2.24, 2.45) is 0 Å². The Bertz CT molecular complexity index is 703. The molecule has 4 nitrogen and oxygen atoms in total. The lowest BCUT2D eigenvalue weighted by Gasteiger charge is -2.21. The first-order chi connectivity index (χ1) is 10.6. The van der Waals surface area contributed by atoms with Gasteiger partial charge in [-0.2, -0.15) is 0 Å². The number of nitrogens with zero attached hydrogens (tertiary/aromatic N) is 2. The number of benzene rings is 1. The molecule has 1 heterocycles. The molecule has 0 saturated carbocycles. The highest BCUT2D eigenvalue weighted by Crippen LogP contribution is 2.24. The largest absolute Gasteiger partial charge is 0.254 e. The number of aromatic nitrogens is 1. The number of hydrogen-bond acceptors (Lipinski definition) is 4. The van der Waals surface area contributed by atoms with Crippen LogP contribution < -0.4 is 4.31 Å². The van der Waals surface area contributed by atoms with Crippen LogP contribution in [0.2, 0.25) is 0 Å². The second-order valence-corrected chi connectivity index (χ2v) is 7.85. The number of thioether (sulfide) groups is 1. The lowest BCUT2D eigenvalue weighted by molar-refractivity contribution is 0.592. The van der Waals surface area contributed by atoms with Gasteiger partial charge >= 0.3 is 0 Å². The van der Waals surface area contributed by atoms with Crippen LogP contribution in [0.15, 0.2) is 53.6 Å². The minimum absolute atomic E-state index is 0.0733. The van der Waals surface area contributed by atoms with Gasteiger partial charge in [-0.1, -0.05) is 36.4 Å². The fraction of sp³-hybridized carbons (Fsp3) is 0.312. The second kappa shape index (κ2) is 7.65. The number of rotatable bonds is 7. The maximum Gasteiger partial charge on any atom is 0.236 e. The van der Waals surface area contributed by atoms with Gasteiger partial charge in [-0.3, -0.25) is 4.31 Å². The van der Waals surface area contributed by atoms with Gasteiger partial charge in [0, 0.05) is 12.3 Å². The minimum Gasteiger partial charge on any atom is -0.254 e. The van der Waals surface area contributed by atoms with E-state index in [0.29, 0.717) is 12.4 Å². The van der Waals surface area contributed by atoms with Crippen LogP contribution in [0.1, 0.15) is 19.4 Å². The van der Waals surface area contributed by atoms with Crippen molar-refractivity contribution < 1.29 is 8.42 Å². The van der Waals surface area contributed by atoms with E-state index in [2.05, 4.69) is 17.1 Å². The van der Waals surface area contributed by atoms with E-state index >= 15 is 0 Å². The van der Waals surface area contributed by atoms with Gasteiger partial charge in [0.1, 0.15) is 5.82 Å². The molecule has 0 atom stereocenters. The molecule has 2 aromatic rings. The third-order valence-electron chi connectivity index (χ3n) is 3.18. The van der Waals surface area contributed by atoms with Crippen LogP contribution in [0.3, 0.4) is 0 Å². The normalized spacial score (nSPS) is 11.4. The molecule has 0 bridgehead atoms. The molecular formula is C16H20N2O2S2. The Balaban J connectivity index is 2.16. The molecule has 0 unspecified atom stereocenters.